The second-order valence-electron chi connectivity index (χ2n) is 5.38. The van der Waals surface area contributed by atoms with Crippen LogP contribution in [0.25, 0.3) is 11.1 Å². The molecule has 8 nitrogen and oxygen atoms in total. The third-order valence-electron chi connectivity index (χ3n) is 3.64. The molecule has 0 fully saturated rings. The molecule has 9 heteroatoms. The molecule has 2 heterocycles. The lowest BCUT2D eigenvalue weighted by Crippen LogP contribution is -2.20. The number of nitrogens with zero attached hydrogens (tertiary/aromatic N) is 4. The Balaban J connectivity index is 1.89. The smallest absolute Gasteiger partial charge is 0.341 e. The SMILES string of the molecule is CCOC(=O)c1c(-c2ccccc2)csc1NC(=O)Cn1cnnc1C#N. The highest BCUT2D eigenvalue weighted by Crippen LogP contribution is 2.36. The number of benzene rings is 1. The quantitative estimate of drug-likeness (QED) is 0.658. The van der Waals surface area contributed by atoms with Gasteiger partial charge in [0.15, 0.2) is 0 Å². The molecule has 0 unspecified atom stereocenters. The van der Waals surface area contributed by atoms with Gasteiger partial charge in [-0.05, 0) is 12.5 Å². The van der Waals surface area contributed by atoms with E-state index in [2.05, 4.69) is 15.5 Å². The van der Waals surface area contributed by atoms with Crippen LogP contribution in [0.15, 0.2) is 42.0 Å². The second kappa shape index (κ2) is 8.25. The van der Waals surface area contributed by atoms with E-state index in [1.807, 2.05) is 36.4 Å². The summed E-state index contributed by atoms with van der Waals surface area (Å²) in [6.07, 6.45) is 1.30. The third-order valence-corrected chi connectivity index (χ3v) is 4.53. The van der Waals surface area contributed by atoms with Gasteiger partial charge in [0.2, 0.25) is 11.7 Å². The van der Waals surface area contributed by atoms with Gasteiger partial charge >= 0.3 is 5.97 Å². The number of hydrogen-bond donors (Lipinski definition) is 1. The largest absolute Gasteiger partial charge is 0.462 e. The monoisotopic (exact) mass is 381 g/mol. The second-order valence-corrected chi connectivity index (χ2v) is 6.26. The molecule has 0 aliphatic rings. The van der Waals surface area contributed by atoms with Crippen molar-refractivity contribution in [2.24, 2.45) is 0 Å². The van der Waals surface area contributed by atoms with Crippen molar-refractivity contribution in [3.8, 4) is 17.2 Å². The molecule has 0 atom stereocenters. The number of aromatic nitrogens is 3. The Labute approximate surface area is 159 Å². The zero-order valence-corrected chi connectivity index (χ0v) is 15.2. The Kier molecular flexibility index (Phi) is 5.58. The highest BCUT2D eigenvalue weighted by molar-refractivity contribution is 7.15. The Morgan fingerprint density at radius 2 is 2.11 bits per heavy atom. The number of amides is 1. The summed E-state index contributed by atoms with van der Waals surface area (Å²) in [5, 5.41) is 21.1. The third kappa shape index (κ3) is 4.02. The van der Waals surface area contributed by atoms with Crippen molar-refractivity contribution in [3.05, 3.63) is 53.4 Å². The highest BCUT2D eigenvalue weighted by atomic mass is 32.1. The van der Waals surface area contributed by atoms with Crippen LogP contribution in [0, 0.1) is 11.3 Å². The van der Waals surface area contributed by atoms with Gasteiger partial charge in [-0.25, -0.2) is 4.79 Å². The van der Waals surface area contributed by atoms with Crippen molar-refractivity contribution in [3.63, 3.8) is 0 Å². The fraction of sp³-hybridized carbons (Fsp3) is 0.167. The maximum Gasteiger partial charge on any atom is 0.341 e. The highest BCUT2D eigenvalue weighted by Gasteiger charge is 2.23. The van der Waals surface area contributed by atoms with E-state index in [-0.39, 0.29) is 19.0 Å². The van der Waals surface area contributed by atoms with Crippen molar-refractivity contribution in [2.45, 2.75) is 13.5 Å². The molecule has 0 aliphatic carbocycles. The van der Waals surface area contributed by atoms with E-state index < -0.39 is 11.9 Å². The molecule has 0 bridgehead atoms. The molecule has 0 saturated heterocycles. The standard InChI is InChI=1S/C18H15N5O3S/c1-2-26-18(25)16-13(12-6-4-3-5-7-12)10-27-17(16)21-15(24)9-23-11-20-22-14(23)8-19/h3-7,10-11H,2,9H2,1H3,(H,21,24). The Hall–Kier alpha value is -3.51. The average molecular weight is 381 g/mol. The normalized spacial score (nSPS) is 10.2. The van der Waals surface area contributed by atoms with Gasteiger partial charge in [0, 0.05) is 10.9 Å². The number of thiophene rings is 1. The minimum Gasteiger partial charge on any atom is -0.462 e. The van der Waals surface area contributed by atoms with E-state index in [1.165, 1.54) is 22.2 Å². The number of nitrogens with one attached hydrogen (secondary N) is 1. The molecule has 0 aliphatic heterocycles. The van der Waals surface area contributed by atoms with Gasteiger partial charge < -0.3 is 10.1 Å². The fourth-order valence-corrected chi connectivity index (χ4v) is 3.44. The summed E-state index contributed by atoms with van der Waals surface area (Å²) in [4.78, 5) is 24.9. The average Bonchev–Trinajstić information content (AvgIpc) is 3.29. The Morgan fingerprint density at radius 3 is 2.81 bits per heavy atom. The van der Waals surface area contributed by atoms with Crippen molar-refractivity contribution in [1.29, 1.82) is 5.26 Å². The zero-order valence-electron chi connectivity index (χ0n) is 14.4. The topological polar surface area (TPSA) is 110 Å². The number of rotatable bonds is 6. The van der Waals surface area contributed by atoms with E-state index in [9.17, 15) is 9.59 Å². The van der Waals surface area contributed by atoms with Gasteiger partial charge in [-0.15, -0.1) is 21.5 Å². The summed E-state index contributed by atoms with van der Waals surface area (Å²) in [6, 6.07) is 11.2. The van der Waals surface area contributed by atoms with Crippen LogP contribution in [0.1, 0.15) is 23.1 Å². The molecular weight excluding hydrogens is 366 g/mol. The number of esters is 1. The van der Waals surface area contributed by atoms with Crippen molar-refractivity contribution in [1.82, 2.24) is 14.8 Å². The van der Waals surface area contributed by atoms with E-state index in [0.29, 0.717) is 16.1 Å². The molecular formula is C18H15N5O3S. The Bertz CT molecular complexity index is 1000. The molecule has 1 N–H and O–H groups in total. The van der Waals surface area contributed by atoms with Crippen LogP contribution in [0.2, 0.25) is 0 Å². The van der Waals surface area contributed by atoms with Gasteiger partial charge in [0.1, 0.15) is 29.5 Å². The summed E-state index contributed by atoms with van der Waals surface area (Å²) in [5.74, 6) is -0.875. The van der Waals surface area contributed by atoms with Crippen LogP contribution in [0.3, 0.4) is 0 Å². The first kappa shape index (κ1) is 18.3. The molecule has 2 aromatic heterocycles. The van der Waals surface area contributed by atoms with Gasteiger partial charge in [-0.2, -0.15) is 5.26 Å². The molecule has 3 rings (SSSR count). The Morgan fingerprint density at radius 1 is 1.33 bits per heavy atom. The van der Waals surface area contributed by atoms with Crippen LogP contribution in [0.5, 0.6) is 0 Å². The van der Waals surface area contributed by atoms with Gasteiger partial charge in [-0.1, -0.05) is 30.3 Å². The van der Waals surface area contributed by atoms with Crippen molar-refractivity contribution in [2.75, 3.05) is 11.9 Å². The zero-order chi connectivity index (χ0) is 19.2. The summed E-state index contributed by atoms with van der Waals surface area (Å²) in [5.41, 5.74) is 1.85. The lowest BCUT2D eigenvalue weighted by molar-refractivity contribution is -0.116. The number of anilines is 1. The maximum absolute atomic E-state index is 12.5. The van der Waals surface area contributed by atoms with E-state index in [4.69, 9.17) is 10.00 Å². The van der Waals surface area contributed by atoms with E-state index in [1.54, 1.807) is 12.3 Å². The van der Waals surface area contributed by atoms with Crippen molar-refractivity contribution < 1.29 is 14.3 Å². The number of ether oxygens (including phenoxy) is 1. The molecule has 27 heavy (non-hydrogen) atoms. The maximum atomic E-state index is 12.5. The van der Waals surface area contributed by atoms with Crippen LogP contribution in [-0.2, 0) is 16.1 Å². The lowest BCUT2D eigenvalue weighted by Gasteiger charge is -2.09. The molecule has 0 spiro atoms. The summed E-state index contributed by atoms with van der Waals surface area (Å²) < 4.78 is 6.49. The van der Waals surface area contributed by atoms with Gasteiger partial charge in [0.25, 0.3) is 0 Å². The number of carbonyl (C=O) groups excluding carboxylic acids is 2. The van der Waals surface area contributed by atoms with Crippen LogP contribution >= 0.6 is 11.3 Å². The minimum atomic E-state index is -0.505. The molecule has 0 saturated carbocycles. The first-order valence-corrected chi connectivity index (χ1v) is 8.93. The summed E-state index contributed by atoms with van der Waals surface area (Å²) in [6.45, 7) is 1.80. The van der Waals surface area contributed by atoms with E-state index >= 15 is 0 Å². The molecule has 1 amide bonds. The van der Waals surface area contributed by atoms with E-state index in [0.717, 1.165) is 5.56 Å². The van der Waals surface area contributed by atoms with Gasteiger partial charge in [-0.3, -0.25) is 9.36 Å². The number of hydrogen-bond acceptors (Lipinski definition) is 7. The first-order chi connectivity index (χ1) is 13.1. The number of nitriles is 1. The molecule has 3 aromatic rings. The number of carbonyl (C=O) groups is 2. The minimum absolute atomic E-state index is 0.0342. The summed E-state index contributed by atoms with van der Waals surface area (Å²) in [7, 11) is 0. The van der Waals surface area contributed by atoms with Gasteiger partial charge in [0.05, 0.1) is 6.61 Å². The van der Waals surface area contributed by atoms with Crippen LogP contribution in [-0.4, -0.2) is 33.2 Å². The van der Waals surface area contributed by atoms with Crippen LogP contribution < -0.4 is 5.32 Å². The van der Waals surface area contributed by atoms with Crippen LogP contribution in [0.4, 0.5) is 5.00 Å². The lowest BCUT2D eigenvalue weighted by atomic mass is 10.0. The molecule has 1 aromatic carbocycles. The molecule has 136 valence electrons. The predicted octanol–water partition coefficient (Wildman–Crippen LogP) is 2.69. The fourth-order valence-electron chi connectivity index (χ4n) is 2.46. The summed E-state index contributed by atoms with van der Waals surface area (Å²) >= 11 is 1.24. The van der Waals surface area contributed by atoms with Crippen molar-refractivity contribution >= 4 is 28.2 Å². The first-order valence-electron chi connectivity index (χ1n) is 8.05. The predicted molar refractivity (Wildman–Crippen MR) is 99.1 cm³/mol. The molecule has 0 radical (unpaired) electrons.